The molecule has 3 rings (SSSR count). The molecule has 0 aromatic heterocycles. The minimum atomic E-state index is -3.80. The van der Waals surface area contributed by atoms with Crippen molar-refractivity contribution in [2.45, 2.75) is 45.7 Å². The third-order valence-electron chi connectivity index (χ3n) is 6.13. The van der Waals surface area contributed by atoms with E-state index in [1.807, 2.05) is 74.5 Å². The highest BCUT2D eigenvalue weighted by molar-refractivity contribution is 7.92. The van der Waals surface area contributed by atoms with Crippen LogP contribution in [0.4, 0.5) is 5.69 Å². The molecule has 0 radical (unpaired) electrons. The Balaban J connectivity index is 1.97. The number of hydrogen-bond acceptors (Lipinski definition) is 4. The van der Waals surface area contributed by atoms with Crippen molar-refractivity contribution in [1.82, 2.24) is 10.2 Å². The molecule has 3 aromatic rings. The smallest absolute Gasteiger partial charge is 0.244 e. The van der Waals surface area contributed by atoms with Crippen LogP contribution in [0.1, 0.15) is 38.7 Å². The number of hydrogen-bond donors (Lipinski definition) is 1. The van der Waals surface area contributed by atoms with Crippen molar-refractivity contribution in [1.29, 1.82) is 0 Å². The molecule has 0 spiro atoms. The number of amides is 2. The van der Waals surface area contributed by atoms with Gasteiger partial charge >= 0.3 is 0 Å². The Hall–Kier alpha value is -3.39. The molecule has 36 heavy (non-hydrogen) atoms. The SMILES string of the molecule is CCCCNC(=O)[C@@H](CC)N(Cc1ccccc1)C(=O)CN(c1cccc2ccccc12)S(C)(=O)=O. The summed E-state index contributed by atoms with van der Waals surface area (Å²) >= 11 is 0. The van der Waals surface area contributed by atoms with E-state index in [0.29, 0.717) is 18.7 Å². The molecule has 0 fully saturated rings. The first kappa shape index (κ1) is 27.2. The van der Waals surface area contributed by atoms with E-state index in [1.54, 1.807) is 12.1 Å². The van der Waals surface area contributed by atoms with Gasteiger partial charge in [0.1, 0.15) is 12.6 Å². The van der Waals surface area contributed by atoms with Crippen molar-refractivity contribution >= 4 is 38.3 Å². The lowest BCUT2D eigenvalue weighted by Crippen LogP contribution is -2.52. The number of fused-ring (bicyclic) bond motifs is 1. The van der Waals surface area contributed by atoms with Crippen LogP contribution in [0.5, 0.6) is 0 Å². The number of nitrogens with one attached hydrogen (secondary N) is 1. The van der Waals surface area contributed by atoms with E-state index in [0.717, 1.165) is 39.7 Å². The number of sulfonamides is 1. The van der Waals surface area contributed by atoms with Gasteiger partial charge < -0.3 is 10.2 Å². The van der Waals surface area contributed by atoms with Gasteiger partial charge in [-0.15, -0.1) is 0 Å². The van der Waals surface area contributed by atoms with Gasteiger partial charge in [0.2, 0.25) is 21.8 Å². The standard InChI is InChI=1S/C28H35N3O4S/c1-4-6-19-29-28(33)25(5-2)30(20-22-13-8-7-9-14-22)27(32)21-31(36(3,34)35)26-18-12-16-23-15-10-11-17-24(23)26/h7-18,25H,4-6,19-21H2,1-3H3,(H,29,33)/t25-/m1/s1. The molecule has 0 aliphatic heterocycles. The van der Waals surface area contributed by atoms with Crippen molar-refractivity contribution in [2.24, 2.45) is 0 Å². The van der Waals surface area contributed by atoms with E-state index < -0.39 is 28.5 Å². The Morgan fingerprint density at radius 1 is 0.917 bits per heavy atom. The Morgan fingerprint density at radius 3 is 2.25 bits per heavy atom. The maximum absolute atomic E-state index is 13.8. The summed E-state index contributed by atoms with van der Waals surface area (Å²) in [6.07, 6.45) is 3.29. The molecule has 192 valence electrons. The highest BCUT2D eigenvalue weighted by Gasteiger charge is 2.32. The first-order chi connectivity index (χ1) is 17.3. The fraction of sp³-hybridized carbons (Fsp3) is 0.357. The topological polar surface area (TPSA) is 86.8 Å². The molecular weight excluding hydrogens is 474 g/mol. The van der Waals surface area contributed by atoms with Gasteiger partial charge in [0.25, 0.3) is 0 Å². The first-order valence-electron chi connectivity index (χ1n) is 12.3. The molecule has 0 bridgehead atoms. The van der Waals surface area contributed by atoms with E-state index in [2.05, 4.69) is 5.32 Å². The lowest BCUT2D eigenvalue weighted by Gasteiger charge is -2.33. The van der Waals surface area contributed by atoms with Crippen LogP contribution in [0.15, 0.2) is 72.8 Å². The molecule has 0 saturated heterocycles. The van der Waals surface area contributed by atoms with Gasteiger partial charge in [-0.05, 0) is 29.9 Å². The molecule has 7 nitrogen and oxygen atoms in total. The van der Waals surface area contributed by atoms with Crippen LogP contribution in [0, 0.1) is 0 Å². The zero-order valence-electron chi connectivity index (χ0n) is 21.2. The van der Waals surface area contributed by atoms with Crippen molar-refractivity contribution < 1.29 is 18.0 Å². The quantitative estimate of drug-likeness (QED) is 0.368. The molecule has 2 amide bonds. The lowest BCUT2D eigenvalue weighted by atomic mass is 10.1. The third kappa shape index (κ3) is 6.85. The van der Waals surface area contributed by atoms with Crippen molar-refractivity contribution in [2.75, 3.05) is 23.7 Å². The fourth-order valence-electron chi connectivity index (χ4n) is 4.23. The molecule has 3 aromatic carbocycles. The highest BCUT2D eigenvalue weighted by atomic mass is 32.2. The Morgan fingerprint density at radius 2 is 1.58 bits per heavy atom. The molecule has 0 heterocycles. The van der Waals surface area contributed by atoms with Crippen LogP contribution in [0.2, 0.25) is 0 Å². The maximum atomic E-state index is 13.8. The lowest BCUT2D eigenvalue weighted by molar-refractivity contribution is -0.140. The molecule has 8 heteroatoms. The average molecular weight is 510 g/mol. The molecule has 0 unspecified atom stereocenters. The maximum Gasteiger partial charge on any atom is 0.244 e. The van der Waals surface area contributed by atoms with E-state index in [-0.39, 0.29) is 12.5 Å². The Labute approximate surface area is 214 Å². The van der Waals surface area contributed by atoms with Crippen molar-refractivity contribution in [3.63, 3.8) is 0 Å². The largest absolute Gasteiger partial charge is 0.354 e. The number of benzene rings is 3. The molecule has 0 saturated carbocycles. The summed E-state index contributed by atoms with van der Waals surface area (Å²) in [7, 11) is -3.80. The second kappa shape index (κ2) is 12.5. The van der Waals surface area contributed by atoms with Crippen LogP contribution < -0.4 is 9.62 Å². The zero-order chi connectivity index (χ0) is 26.1. The van der Waals surface area contributed by atoms with Gasteiger partial charge in [0.15, 0.2) is 0 Å². The minimum Gasteiger partial charge on any atom is -0.354 e. The number of rotatable bonds is 12. The van der Waals surface area contributed by atoms with Gasteiger partial charge in [0.05, 0.1) is 11.9 Å². The average Bonchev–Trinajstić information content (AvgIpc) is 2.87. The van der Waals surface area contributed by atoms with Gasteiger partial charge in [-0.2, -0.15) is 0 Å². The van der Waals surface area contributed by atoms with Crippen LogP contribution >= 0.6 is 0 Å². The molecular formula is C28H35N3O4S. The molecule has 0 aliphatic carbocycles. The Kier molecular flexibility index (Phi) is 9.47. The number of nitrogens with zero attached hydrogens (tertiary/aromatic N) is 2. The van der Waals surface area contributed by atoms with E-state index in [1.165, 1.54) is 4.90 Å². The van der Waals surface area contributed by atoms with Gasteiger partial charge in [-0.3, -0.25) is 13.9 Å². The normalized spacial score (nSPS) is 12.2. The van der Waals surface area contributed by atoms with Gasteiger partial charge in [-0.1, -0.05) is 87.0 Å². The zero-order valence-corrected chi connectivity index (χ0v) is 22.0. The fourth-order valence-corrected chi connectivity index (χ4v) is 5.09. The van der Waals surface area contributed by atoms with Gasteiger partial charge in [0, 0.05) is 18.5 Å². The summed E-state index contributed by atoms with van der Waals surface area (Å²) in [4.78, 5) is 28.4. The summed E-state index contributed by atoms with van der Waals surface area (Å²) in [5, 5.41) is 4.54. The van der Waals surface area contributed by atoms with Crippen molar-refractivity contribution in [3.05, 3.63) is 78.4 Å². The number of carbonyl (C=O) groups is 2. The molecule has 1 atom stereocenters. The first-order valence-corrected chi connectivity index (χ1v) is 14.2. The van der Waals surface area contributed by atoms with Gasteiger partial charge in [-0.25, -0.2) is 8.42 Å². The van der Waals surface area contributed by atoms with E-state index in [4.69, 9.17) is 0 Å². The van der Waals surface area contributed by atoms with Crippen LogP contribution in [-0.2, 0) is 26.2 Å². The third-order valence-corrected chi connectivity index (χ3v) is 7.25. The second-order valence-corrected chi connectivity index (χ2v) is 10.8. The molecule has 1 N–H and O–H groups in total. The number of unbranched alkanes of at least 4 members (excludes halogenated alkanes) is 1. The van der Waals surface area contributed by atoms with Crippen molar-refractivity contribution in [3.8, 4) is 0 Å². The van der Waals surface area contributed by atoms with Crippen LogP contribution in [0.3, 0.4) is 0 Å². The number of anilines is 1. The summed E-state index contributed by atoms with van der Waals surface area (Å²) in [6.45, 7) is 4.23. The second-order valence-electron chi connectivity index (χ2n) is 8.84. The Bertz CT molecular complexity index is 1270. The van der Waals surface area contributed by atoms with Crippen LogP contribution in [0.25, 0.3) is 10.8 Å². The molecule has 0 aliphatic rings. The monoisotopic (exact) mass is 509 g/mol. The summed E-state index contributed by atoms with van der Waals surface area (Å²) in [5.74, 6) is -0.666. The highest BCUT2D eigenvalue weighted by Crippen LogP contribution is 2.28. The number of carbonyl (C=O) groups excluding carboxylic acids is 2. The van der Waals surface area contributed by atoms with Crippen LogP contribution in [-0.4, -0.2) is 50.5 Å². The summed E-state index contributed by atoms with van der Waals surface area (Å²) in [6, 6.07) is 21.5. The predicted octanol–water partition coefficient (Wildman–Crippen LogP) is 4.33. The van der Waals surface area contributed by atoms with E-state index in [9.17, 15) is 18.0 Å². The summed E-state index contributed by atoms with van der Waals surface area (Å²) in [5.41, 5.74) is 1.30. The summed E-state index contributed by atoms with van der Waals surface area (Å²) < 4.78 is 27.0. The predicted molar refractivity (Wildman–Crippen MR) is 145 cm³/mol. The van der Waals surface area contributed by atoms with E-state index >= 15 is 0 Å². The minimum absolute atomic E-state index is 0.201.